The normalized spacial score (nSPS) is 9.95. The van der Waals surface area contributed by atoms with Crippen LogP contribution in [-0.4, -0.2) is 35.1 Å². The monoisotopic (exact) mass is 276 g/mol. The molecule has 108 valence electrons. The Kier molecular flexibility index (Phi) is 5.32. The van der Waals surface area contributed by atoms with E-state index in [1.165, 1.54) is 6.07 Å². The first-order valence-electron chi connectivity index (χ1n) is 6.39. The highest BCUT2D eigenvalue weighted by atomic mass is 16.4. The minimum absolute atomic E-state index is 0.0877. The van der Waals surface area contributed by atoms with Crippen molar-refractivity contribution in [1.82, 2.24) is 4.90 Å². The van der Waals surface area contributed by atoms with Crippen molar-refractivity contribution < 1.29 is 14.7 Å². The van der Waals surface area contributed by atoms with Crippen LogP contribution in [0.2, 0.25) is 0 Å². The third kappa shape index (κ3) is 4.12. The van der Waals surface area contributed by atoms with E-state index in [4.69, 9.17) is 5.11 Å². The van der Waals surface area contributed by atoms with Gasteiger partial charge in [-0.3, -0.25) is 0 Å². The largest absolute Gasteiger partial charge is 0.478 e. The molecule has 1 rings (SSSR count). The lowest BCUT2D eigenvalue weighted by molar-refractivity contribution is 0.0698. The molecule has 2 N–H and O–H groups in total. The molecule has 0 unspecified atom stereocenters. The lowest BCUT2D eigenvalue weighted by atomic mass is 10.1. The number of amides is 2. The second-order valence-electron chi connectivity index (χ2n) is 4.76. The molecule has 0 spiro atoms. The fourth-order valence-electron chi connectivity index (χ4n) is 1.79. The molecule has 0 atom stereocenters. The molecule has 0 saturated carbocycles. The molecule has 0 aliphatic rings. The summed E-state index contributed by atoms with van der Waals surface area (Å²) in [5.41, 5.74) is 2.08. The van der Waals surface area contributed by atoms with Gasteiger partial charge in [0.1, 0.15) is 0 Å². The van der Waals surface area contributed by atoms with Gasteiger partial charge in [0.15, 0.2) is 0 Å². The number of hydrogen-bond acceptors (Lipinski definition) is 2. The summed E-state index contributed by atoms with van der Waals surface area (Å²) in [5.74, 6) is -1.06. The number of rotatable bonds is 5. The number of urea groups is 1. The van der Waals surface area contributed by atoms with Crippen LogP contribution in [0.25, 0.3) is 0 Å². The van der Waals surface area contributed by atoms with Crippen molar-refractivity contribution >= 4 is 17.7 Å². The molecular weight excluding hydrogens is 256 g/mol. The first-order chi connectivity index (χ1) is 9.35. The van der Waals surface area contributed by atoms with Crippen LogP contribution in [0.15, 0.2) is 30.4 Å². The van der Waals surface area contributed by atoms with Gasteiger partial charge in [0.05, 0.1) is 11.3 Å². The summed E-state index contributed by atoms with van der Waals surface area (Å²) in [5, 5.41) is 11.8. The van der Waals surface area contributed by atoms with Crippen molar-refractivity contribution in [1.29, 1.82) is 0 Å². The van der Waals surface area contributed by atoms with E-state index in [0.717, 1.165) is 11.1 Å². The van der Waals surface area contributed by atoms with Gasteiger partial charge in [-0.2, -0.15) is 0 Å². The summed E-state index contributed by atoms with van der Waals surface area (Å²) in [6, 6.07) is 4.57. The SMILES string of the molecule is C=C(C)CN(CC)C(=O)Nc1ccc(C)cc1C(=O)O. The van der Waals surface area contributed by atoms with Gasteiger partial charge in [-0.15, -0.1) is 0 Å². The van der Waals surface area contributed by atoms with Crippen LogP contribution in [0.5, 0.6) is 0 Å². The Balaban J connectivity index is 2.95. The van der Waals surface area contributed by atoms with Crippen molar-refractivity contribution in [3.8, 4) is 0 Å². The van der Waals surface area contributed by atoms with Crippen molar-refractivity contribution in [2.75, 3.05) is 18.4 Å². The van der Waals surface area contributed by atoms with Crippen molar-refractivity contribution in [2.45, 2.75) is 20.8 Å². The number of hydrogen-bond donors (Lipinski definition) is 2. The highest BCUT2D eigenvalue weighted by Gasteiger charge is 2.16. The van der Waals surface area contributed by atoms with Crippen molar-refractivity contribution in [2.24, 2.45) is 0 Å². The molecule has 0 aliphatic carbocycles. The lowest BCUT2D eigenvalue weighted by Crippen LogP contribution is -2.36. The molecule has 1 aromatic carbocycles. The third-order valence-corrected chi connectivity index (χ3v) is 2.78. The molecule has 0 saturated heterocycles. The number of carboxylic acids is 1. The Morgan fingerprint density at radius 3 is 2.55 bits per heavy atom. The molecule has 0 aromatic heterocycles. The number of aromatic carboxylic acids is 1. The van der Waals surface area contributed by atoms with E-state index >= 15 is 0 Å². The number of carbonyl (C=O) groups is 2. The van der Waals surface area contributed by atoms with Gasteiger partial charge in [0.25, 0.3) is 0 Å². The zero-order valence-corrected chi connectivity index (χ0v) is 12.1. The summed E-state index contributed by atoms with van der Waals surface area (Å²) < 4.78 is 0. The Morgan fingerprint density at radius 2 is 2.05 bits per heavy atom. The van der Waals surface area contributed by atoms with Crippen LogP contribution in [0.3, 0.4) is 0 Å². The summed E-state index contributed by atoms with van der Waals surface area (Å²) in [4.78, 5) is 24.9. The average molecular weight is 276 g/mol. The average Bonchev–Trinajstić information content (AvgIpc) is 2.37. The van der Waals surface area contributed by atoms with Gasteiger partial charge < -0.3 is 15.3 Å². The molecule has 0 fully saturated rings. The van der Waals surface area contributed by atoms with Gasteiger partial charge in [-0.1, -0.05) is 23.8 Å². The second-order valence-corrected chi connectivity index (χ2v) is 4.76. The van der Waals surface area contributed by atoms with E-state index in [9.17, 15) is 9.59 Å². The van der Waals surface area contributed by atoms with Crippen LogP contribution < -0.4 is 5.32 Å². The van der Waals surface area contributed by atoms with E-state index in [0.29, 0.717) is 18.8 Å². The van der Waals surface area contributed by atoms with Crippen LogP contribution in [-0.2, 0) is 0 Å². The summed E-state index contributed by atoms with van der Waals surface area (Å²) >= 11 is 0. The Hall–Kier alpha value is -2.30. The molecular formula is C15H20N2O3. The quantitative estimate of drug-likeness (QED) is 0.812. The van der Waals surface area contributed by atoms with Gasteiger partial charge in [-0.25, -0.2) is 9.59 Å². The molecule has 5 nitrogen and oxygen atoms in total. The van der Waals surface area contributed by atoms with E-state index in [2.05, 4.69) is 11.9 Å². The van der Waals surface area contributed by atoms with Crippen molar-refractivity contribution in [3.63, 3.8) is 0 Å². The molecule has 0 aliphatic heterocycles. The van der Waals surface area contributed by atoms with Crippen LogP contribution >= 0.6 is 0 Å². The summed E-state index contributed by atoms with van der Waals surface area (Å²) in [6.45, 7) is 10.2. The van der Waals surface area contributed by atoms with Gasteiger partial charge >= 0.3 is 12.0 Å². The number of anilines is 1. The molecule has 1 aromatic rings. The van der Waals surface area contributed by atoms with Crippen LogP contribution in [0, 0.1) is 6.92 Å². The number of aryl methyl sites for hydroxylation is 1. The smallest absolute Gasteiger partial charge is 0.337 e. The Labute approximate surface area is 118 Å². The van der Waals surface area contributed by atoms with E-state index in [1.54, 1.807) is 24.0 Å². The van der Waals surface area contributed by atoms with Crippen molar-refractivity contribution in [3.05, 3.63) is 41.5 Å². The minimum atomic E-state index is -1.06. The highest BCUT2D eigenvalue weighted by Crippen LogP contribution is 2.18. The molecule has 0 bridgehead atoms. The highest BCUT2D eigenvalue weighted by molar-refractivity contribution is 6.00. The topological polar surface area (TPSA) is 69.6 Å². The first-order valence-corrected chi connectivity index (χ1v) is 6.39. The van der Waals surface area contributed by atoms with E-state index < -0.39 is 5.97 Å². The van der Waals surface area contributed by atoms with Gasteiger partial charge in [0.2, 0.25) is 0 Å². The maximum atomic E-state index is 12.1. The number of benzene rings is 1. The number of likely N-dealkylation sites (N-methyl/N-ethyl adjacent to an activating group) is 1. The van der Waals surface area contributed by atoms with E-state index in [-0.39, 0.29) is 11.6 Å². The van der Waals surface area contributed by atoms with Gasteiger partial charge in [-0.05, 0) is 32.9 Å². The fourth-order valence-corrected chi connectivity index (χ4v) is 1.79. The predicted octanol–water partition coefficient (Wildman–Crippen LogP) is 3.12. The standard InChI is InChI=1S/C15H20N2O3/c1-5-17(9-10(2)3)15(20)16-13-7-6-11(4)8-12(13)14(18)19/h6-8H,2,5,9H2,1,3-4H3,(H,16,20)(H,18,19). The Morgan fingerprint density at radius 1 is 1.40 bits per heavy atom. The predicted molar refractivity (Wildman–Crippen MR) is 79.2 cm³/mol. The summed E-state index contributed by atoms with van der Waals surface area (Å²) in [6.07, 6.45) is 0. The maximum Gasteiger partial charge on any atom is 0.337 e. The summed E-state index contributed by atoms with van der Waals surface area (Å²) in [7, 11) is 0. The zero-order chi connectivity index (χ0) is 15.3. The fraction of sp³-hybridized carbons (Fsp3) is 0.333. The first kappa shape index (κ1) is 15.8. The molecule has 20 heavy (non-hydrogen) atoms. The number of carboxylic acid groups (broad SMARTS) is 1. The molecule has 2 amide bonds. The zero-order valence-electron chi connectivity index (χ0n) is 12.1. The van der Waals surface area contributed by atoms with Gasteiger partial charge in [0, 0.05) is 13.1 Å². The molecule has 0 radical (unpaired) electrons. The van der Waals surface area contributed by atoms with E-state index in [1.807, 2.05) is 13.8 Å². The lowest BCUT2D eigenvalue weighted by Gasteiger charge is -2.22. The number of nitrogens with one attached hydrogen (secondary N) is 1. The van der Waals surface area contributed by atoms with Crippen LogP contribution in [0.1, 0.15) is 29.8 Å². The third-order valence-electron chi connectivity index (χ3n) is 2.78. The molecule has 0 heterocycles. The number of carbonyl (C=O) groups excluding carboxylic acids is 1. The molecule has 5 heteroatoms. The second kappa shape index (κ2) is 6.75. The number of nitrogens with zero attached hydrogens (tertiary/aromatic N) is 1. The van der Waals surface area contributed by atoms with Crippen LogP contribution in [0.4, 0.5) is 10.5 Å². The Bertz CT molecular complexity index is 538. The minimum Gasteiger partial charge on any atom is -0.478 e. The maximum absolute atomic E-state index is 12.1.